The van der Waals surface area contributed by atoms with Gasteiger partial charge in [-0.2, -0.15) is 0 Å². The zero-order valence-electron chi connectivity index (χ0n) is 10.2. The number of rotatable bonds is 2. The fourth-order valence-electron chi connectivity index (χ4n) is 2.97. The highest BCUT2D eigenvalue weighted by Gasteiger charge is 2.34. The van der Waals surface area contributed by atoms with Gasteiger partial charge >= 0.3 is 5.97 Å². The number of carbonyl (C=O) groups is 1. The molecule has 0 amide bonds. The molecule has 18 heavy (non-hydrogen) atoms. The van der Waals surface area contributed by atoms with Gasteiger partial charge < -0.3 is 5.11 Å². The van der Waals surface area contributed by atoms with Gasteiger partial charge in [0.15, 0.2) is 0 Å². The van der Waals surface area contributed by atoms with Crippen LogP contribution in [0.15, 0.2) is 23.4 Å². The minimum absolute atomic E-state index is 0.0156. The lowest BCUT2D eigenvalue weighted by Gasteiger charge is -2.29. The summed E-state index contributed by atoms with van der Waals surface area (Å²) in [6.07, 6.45) is 8.87. The summed E-state index contributed by atoms with van der Waals surface area (Å²) in [5.74, 6) is -1.05. The predicted octanol–water partition coefficient (Wildman–Crippen LogP) is 2.76. The van der Waals surface area contributed by atoms with Crippen molar-refractivity contribution in [1.29, 1.82) is 0 Å². The second kappa shape index (κ2) is 5.33. The summed E-state index contributed by atoms with van der Waals surface area (Å²) in [5, 5.41) is 20.1. The van der Waals surface area contributed by atoms with Gasteiger partial charge in [-0.3, -0.25) is 10.1 Å². The quantitative estimate of drug-likeness (QED) is 0.604. The number of hydrogen-bond donors (Lipinski definition) is 1. The maximum atomic E-state index is 11.3. The molecule has 0 aliphatic heterocycles. The van der Waals surface area contributed by atoms with Crippen molar-refractivity contribution < 1.29 is 14.8 Å². The van der Waals surface area contributed by atoms with Crippen LogP contribution in [0, 0.1) is 22.0 Å². The zero-order chi connectivity index (χ0) is 13.1. The second-order valence-electron chi connectivity index (χ2n) is 5.02. The first-order valence-corrected chi connectivity index (χ1v) is 6.40. The molecular weight excluding hydrogens is 234 g/mol. The van der Waals surface area contributed by atoms with E-state index in [-0.39, 0.29) is 23.1 Å². The molecule has 2 unspecified atom stereocenters. The normalized spacial score (nSPS) is 28.2. The summed E-state index contributed by atoms with van der Waals surface area (Å²) in [4.78, 5) is 21.6. The van der Waals surface area contributed by atoms with Crippen molar-refractivity contribution in [3.8, 4) is 0 Å². The molecular formula is C13H17NO4. The first-order valence-electron chi connectivity index (χ1n) is 6.40. The van der Waals surface area contributed by atoms with Crippen molar-refractivity contribution in [2.24, 2.45) is 11.8 Å². The minimum atomic E-state index is -1.02. The Hall–Kier alpha value is -1.65. The van der Waals surface area contributed by atoms with Crippen LogP contribution in [-0.2, 0) is 4.79 Å². The predicted molar refractivity (Wildman–Crippen MR) is 65.5 cm³/mol. The number of nitro groups is 1. The van der Waals surface area contributed by atoms with Gasteiger partial charge in [0.05, 0.1) is 4.92 Å². The summed E-state index contributed by atoms with van der Waals surface area (Å²) in [6, 6.07) is 0. The molecule has 5 nitrogen and oxygen atoms in total. The third-order valence-corrected chi connectivity index (χ3v) is 3.86. The van der Waals surface area contributed by atoms with Crippen LogP contribution >= 0.6 is 0 Å². The molecule has 2 rings (SSSR count). The van der Waals surface area contributed by atoms with Gasteiger partial charge in [-0.1, -0.05) is 25.7 Å². The summed E-state index contributed by atoms with van der Waals surface area (Å²) in [6.45, 7) is 0. The van der Waals surface area contributed by atoms with E-state index in [2.05, 4.69) is 0 Å². The molecule has 0 aromatic carbocycles. The van der Waals surface area contributed by atoms with Crippen LogP contribution in [-0.4, -0.2) is 16.0 Å². The molecule has 0 radical (unpaired) electrons. The van der Waals surface area contributed by atoms with E-state index in [9.17, 15) is 20.0 Å². The molecule has 0 spiro atoms. The van der Waals surface area contributed by atoms with Crippen molar-refractivity contribution in [3.63, 3.8) is 0 Å². The number of allylic oxidation sites excluding steroid dienone is 2. The smallest absolute Gasteiger partial charge is 0.332 e. The lowest BCUT2D eigenvalue weighted by Crippen LogP contribution is -2.26. The van der Waals surface area contributed by atoms with Crippen molar-refractivity contribution in [2.45, 2.75) is 38.5 Å². The van der Waals surface area contributed by atoms with Gasteiger partial charge in [-0.05, 0) is 30.8 Å². The molecule has 1 fully saturated rings. The van der Waals surface area contributed by atoms with Gasteiger partial charge in [-0.25, -0.2) is 4.79 Å². The van der Waals surface area contributed by atoms with Gasteiger partial charge in [0.25, 0.3) is 5.70 Å². The molecule has 5 heteroatoms. The number of nitrogens with zero attached hydrogens (tertiary/aromatic N) is 1. The number of aliphatic carboxylic acids is 1. The molecule has 2 atom stereocenters. The van der Waals surface area contributed by atoms with Crippen LogP contribution in [0.5, 0.6) is 0 Å². The fourth-order valence-corrected chi connectivity index (χ4v) is 2.97. The molecule has 2 aliphatic rings. The van der Waals surface area contributed by atoms with E-state index in [0.717, 1.165) is 38.5 Å². The Bertz CT molecular complexity index is 425. The maximum absolute atomic E-state index is 11.3. The summed E-state index contributed by atoms with van der Waals surface area (Å²) in [7, 11) is 0. The SMILES string of the molecule is O=C(O)C1=CC([N+](=O)[O-])=CC2CCCCCCC12. The first kappa shape index (κ1) is 12.8. The standard InChI is InChI=1S/C13H17NO4/c15-13(16)12-8-10(14(17)18)7-9-5-3-1-2-4-6-11(9)12/h7-9,11H,1-6H2,(H,15,16). The Kier molecular flexibility index (Phi) is 3.79. The molecule has 98 valence electrons. The average molecular weight is 251 g/mol. The number of carboxylic acid groups (broad SMARTS) is 1. The van der Waals surface area contributed by atoms with Crippen LogP contribution in [0.2, 0.25) is 0 Å². The van der Waals surface area contributed by atoms with E-state index in [0.29, 0.717) is 0 Å². The third-order valence-electron chi connectivity index (χ3n) is 3.86. The van der Waals surface area contributed by atoms with E-state index in [1.54, 1.807) is 6.08 Å². The van der Waals surface area contributed by atoms with Crippen LogP contribution in [0.3, 0.4) is 0 Å². The number of fused-ring (bicyclic) bond motifs is 1. The van der Waals surface area contributed by atoms with Gasteiger partial charge in [0, 0.05) is 11.6 Å². The molecule has 0 aromatic rings. The second-order valence-corrected chi connectivity index (χ2v) is 5.02. The maximum Gasteiger partial charge on any atom is 0.332 e. The minimum Gasteiger partial charge on any atom is -0.478 e. The Morgan fingerprint density at radius 1 is 1.28 bits per heavy atom. The fraction of sp³-hybridized carbons (Fsp3) is 0.615. The van der Waals surface area contributed by atoms with Crippen LogP contribution < -0.4 is 0 Å². The van der Waals surface area contributed by atoms with E-state index in [4.69, 9.17) is 0 Å². The topological polar surface area (TPSA) is 80.4 Å². The summed E-state index contributed by atoms with van der Waals surface area (Å²) >= 11 is 0. The van der Waals surface area contributed by atoms with Crippen LogP contribution in [0.25, 0.3) is 0 Å². The number of hydrogen-bond acceptors (Lipinski definition) is 3. The van der Waals surface area contributed by atoms with E-state index in [1.807, 2.05) is 0 Å². The highest BCUT2D eigenvalue weighted by molar-refractivity contribution is 5.88. The zero-order valence-corrected chi connectivity index (χ0v) is 10.2. The molecule has 0 saturated heterocycles. The monoisotopic (exact) mass is 251 g/mol. The largest absolute Gasteiger partial charge is 0.478 e. The Labute approximate surface area is 105 Å². The van der Waals surface area contributed by atoms with Gasteiger partial charge in [0.2, 0.25) is 0 Å². The van der Waals surface area contributed by atoms with Gasteiger partial charge in [0.1, 0.15) is 0 Å². The molecule has 1 N–H and O–H groups in total. The summed E-state index contributed by atoms with van der Waals surface area (Å²) in [5.41, 5.74) is 0.158. The lowest BCUT2D eigenvalue weighted by molar-refractivity contribution is -0.420. The highest BCUT2D eigenvalue weighted by Crippen LogP contribution is 2.38. The number of carboxylic acids is 1. The van der Waals surface area contributed by atoms with Crippen LogP contribution in [0.4, 0.5) is 0 Å². The Balaban J connectivity index is 2.32. The highest BCUT2D eigenvalue weighted by atomic mass is 16.6. The van der Waals surface area contributed by atoms with Crippen molar-refractivity contribution in [3.05, 3.63) is 33.5 Å². The summed E-state index contributed by atoms with van der Waals surface area (Å²) < 4.78 is 0. The van der Waals surface area contributed by atoms with Crippen molar-refractivity contribution in [1.82, 2.24) is 0 Å². The molecule has 0 heterocycles. The molecule has 0 aromatic heterocycles. The average Bonchev–Trinajstić information content (AvgIpc) is 2.28. The van der Waals surface area contributed by atoms with E-state index in [1.165, 1.54) is 6.08 Å². The van der Waals surface area contributed by atoms with E-state index >= 15 is 0 Å². The Morgan fingerprint density at radius 3 is 2.56 bits per heavy atom. The molecule has 1 saturated carbocycles. The molecule has 2 aliphatic carbocycles. The van der Waals surface area contributed by atoms with Gasteiger partial charge in [-0.15, -0.1) is 0 Å². The Morgan fingerprint density at radius 2 is 1.94 bits per heavy atom. The third kappa shape index (κ3) is 2.60. The lowest BCUT2D eigenvalue weighted by atomic mass is 9.74. The molecule has 0 bridgehead atoms. The van der Waals surface area contributed by atoms with Crippen LogP contribution in [0.1, 0.15) is 38.5 Å². The first-order chi connectivity index (χ1) is 8.59. The van der Waals surface area contributed by atoms with Crippen molar-refractivity contribution >= 4 is 5.97 Å². The van der Waals surface area contributed by atoms with E-state index < -0.39 is 10.9 Å². The van der Waals surface area contributed by atoms with Crippen molar-refractivity contribution in [2.75, 3.05) is 0 Å².